The zero-order valence-electron chi connectivity index (χ0n) is 17.4. The number of hydrogen-bond acceptors (Lipinski definition) is 3. The van der Waals surface area contributed by atoms with E-state index in [0.717, 1.165) is 51.6 Å². The number of nitrogens with zero attached hydrogens (tertiary/aromatic N) is 3. The van der Waals surface area contributed by atoms with Crippen LogP contribution in [0.5, 0.6) is 0 Å². The van der Waals surface area contributed by atoms with E-state index in [-0.39, 0.29) is 11.9 Å². The van der Waals surface area contributed by atoms with Gasteiger partial charge in [0, 0.05) is 44.7 Å². The summed E-state index contributed by atoms with van der Waals surface area (Å²) in [6.07, 6.45) is 4.02. The number of rotatable bonds is 7. The standard InChI is InChI=1S/C22H35N5O/c1-3-21(28)27-14-12-19(17-27)25-22(23-4-2)24-15-20-11-8-13-26(20)16-18-9-6-5-7-10-18/h5-7,9-10,19-20H,3-4,8,11-17H2,1-2H3,(H2,23,24,25). The molecule has 1 amide bonds. The highest BCUT2D eigenvalue weighted by Crippen LogP contribution is 2.20. The second kappa shape index (κ2) is 10.5. The minimum atomic E-state index is 0.244. The van der Waals surface area contributed by atoms with Crippen molar-refractivity contribution >= 4 is 11.9 Å². The molecule has 0 bridgehead atoms. The van der Waals surface area contributed by atoms with Gasteiger partial charge in [0.15, 0.2) is 5.96 Å². The van der Waals surface area contributed by atoms with Crippen LogP contribution >= 0.6 is 0 Å². The topological polar surface area (TPSA) is 60.0 Å². The second-order valence-corrected chi connectivity index (χ2v) is 7.79. The Labute approximate surface area is 169 Å². The molecule has 6 heteroatoms. The molecule has 1 aromatic rings. The fourth-order valence-corrected chi connectivity index (χ4v) is 4.17. The number of aliphatic imine (C=N–C) groups is 1. The predicted molar refractivity (Wildman–Crippen MR) is 114 cm³/mol. The number of carbonyl (C=O) groups is 1. The van der Waals surface area contributed by atoms with Crippen LogP contribution in [0.3, 0.4) is 0 Å². The summed E-state index contributed by atoms with van der Waals surface area (Å²) in [5.74, 6) is 1.12. The van der Waals surface area contributed by atoms with Gasteiger partial charge in [-0.3, -0.25) is 14.7 Å². The van der Waals surface area contributed by atoms with E-state index in [9.17, 15) is 4.79 Å². The summed E-state index contributed by atoms with van der Waals surface area (Å²) in [7, 11) is 0. The van der Waals surface area contributed by atoms with Crippen LogP contribution in [0, 0.1) is 0 Å². The van der Waals surface area contributed by atoms with Crippen LogP contribution in [0.1, 0.15) is 45.1 Å². The number of hydrogen-bond donors (Lipinski definition) is 2. The van der Waals surface area contributed by atoms with E-state index in [1.807, 2.05) is 11.8 Å². The maximum atomic E-state index is 11.9. The van der Waals surface area contributed by atoms with Crippen LogP contribution in [0.15, 0.2) is 35.3 Å². The van der Waals surface area contributed by atoms with Gasteiger partial charge in [0.1, 0.15) is 0 Å². The molecule has 0 aliphatic carbocycles. The summed E-state index contributed by atoms with van der Waals surface area (Å²) in [5.41, 5.74) is 1.37. The van der Waals surface area contributed by atoms with Crippen molar-refractivity contribution in [3.63, 3.8) is 0 Å². The van der Waals surface area contributed by atoms with E-state index in [4.69, 9.17) is 4.99 Å². The summed E-state index contributed by atoms with van der Waals surface area (Å²) in [6, 6.07) is 11.5. The molecule has 1 aromatic carbocycles. The smallest absolute Gasteiger partial charge is 0.222 e. The first-order chi connectivity index (χ1) is 13.7. The Bertz CT molecular complexity index is 648. The quantitative estimate of drug-likeness (QED) is 0.558. The molecule has 0 saturated carbocycles. The zero-order chi connectivity index (χ0) is 19.8. The van der Waals surface area contributed by atoms with Crippen molar-refractivity contribution in [1.29, 1.82) is 0 Å². The van der Waals surface area contributed by atoms with E-state index in [1.165, 1.54) is 18.4 Å². The number of guanidine groups is 1. The normalized spacial score (nSPS) is 23.2. The molecule has 154 valence electrons. The average molecular weight is 386 g/mol. The minimum Gasteiger partial charge on any atom is -0.357 e. The Morgan fingerprint density at radius 2 is 2.00 bits per heavy atom. The zero-order valence-corrected chi connectivity index (χ0v) is 17.4. The molecule has 6 nitrogen and oxygen atoms in total. The fourth-order valence-electron chi connectivity index (χ4n) is 4.17. The number of benzene rings is 1. The lowest BCUT2D eigenvalue weighted by Gasteiger charge is -2.24. The molecule has 2 heterocycles. The molecule has 2 unspecified atom stereocenters. The van der Waals surface area contributed by atoms with Crippen molar-refractivity contribution < 1.29 is 4.79 Å². The van der Waals surface area contributed by atoms with Crippen LogP contribution in [-0.4, -0.2) is 66.5 Å². The van der Waals surface area contributed by atoms with Gasteiger partial charge in [0.2, 0.25) is 5.91 Å². The van der Waals surface area contributed by atoms with Gasteiger partial charge in [-0.25, -0.2) is 0 Å². The summed E-state index contributed by atoms with van der Waals surface area (Å²) < 4.78 is 0. The lowest BCUT2D eigenvalue weighted by Crippen LogP contribution is -2.45. The van der Waals surface area contributed by atoms with Gasteiger partial charge in [-0.2, -0.15) is 0 Å². The van der Waals surface area contributed by atoms with Crippen molar-refractivity contribution in [2.75, 3.05) is 32.7 Å². The van der Waals surface area contributed by atoms with E-state index in [0.29, 0.717) is 12.5 Å². The molecule has 0 radical (unpaired) electrons. The Hall–Kier alpha value is -2.08. The Kier molecular flexibility index (Phi) is 7.71. The third-order valence-corrected chi connectivity index (χ3v) is 5.72. The molecule has 2 fully saturated rings. The molecule has 2 N–H and O–H groups in total. The summed E-state index contributed by atoms with van der Waals surface area (Å²) >= 11 is 0. The summed E-state index contributed by atoms with van der Waals surface area (Å²) in [4.78, 5) is 21.3. The predicted octanol–water partition coefficient (Wildman–Crippen LogP) is 2.22. The van der Waals surface area contributed by atoms with Gasteiger partial charge in [0.25, 0.3) is 0 Å². The van der Waals surface area contributed by atoms with E-state index in [1.54, 1.807) is 0 Å². The molecule has 0 aromatic heterocycles. The lowest BCUT2D eigenvalue weighted by atomic mass is 10.2. The maximum Gasteiger partial charge on any atom is 0.222 e. The number of nitrogens with one attached hydrogen (secondary N) is 2. The molecular formula is C22H35N5O. The van der Waals surface area contributed by atoms with Crippen molar-refractivity contribution in [1.82, 2.24) is 20.4 Å². The lowest BCUT2D eigenvalue weighted by molar-refractivity contribution is -0.129. The van der Waals surface area contributed by atoms with Gasteiger partial charge in [-0.15, -0.1) is 0 Å². The van der Waals surface area contributed by atoms with E-state index < -0.39 is 0 Å². The van der Waals surface area contributed by atoms with Gasteiger partial charge >= 0.3 is 0 Å². The first-order valence-electron chi connectivity index (χ1n) is 10.8. The third kappa shape index (κ3) is 5.71. The molecule has 2 aliphatic heterocycles. The highest BCUT2D eigenvalue weighted by molar-refractivity contribution is 5.80. The minimum absolute atomic E-state index is 0.244. The Balaban J connectivity index is 1.54. The van der Waals surface area contributed by atoms with Gasteiger partial charge in [-0.05, 0) is 38.3 Å². The molecule has 2 saturated heterocycles. The molecular weight excluding hydrogens is 350 g/mol. The maximum absolute atomic E-state index is 11.9. The van der Waals surface area contributed by atoms with Crippen molar-refractivity contribution in [2.45, 2.75) is 58.2 Å². The van der Waals surface area contributed by atoms with Crippen molar-refractivity contribution in [2.24, 2.45) is 4.99 Å². The SMILES string of the molecule is CCNC(=NCC1CCCN1Cc1ccccc1)NC1CCN(C(=O)CC)C1. The monoisotopic (exact) mass is 385 g/mol. The highest BCUT2D eigenvalue weighted by Gasteiger charge is 2.27. The third-order valence-electron chi connectivity index (χ3n) is 5.72. The average Bonchev–Trinajstić information content (AvgIpc) is 3.36. The van der Waals surface area contributed by atoms with Crippen molar-refractivity contribution in [3.05, 3.63) is 35.9 Å². The first-order valence-corrected chi connectivity index (χ1v) is 10.8. The Morgan fingerprint density at radius 3 is 2.75 bits per heavy atom. The van der Waals surface area contributed by atoms with Crippen LogP contribution in [-0.2, 0) is 11.3 Å². The largest absolute Gasteiger partial charge is 0.357 e. The summed E-state index contributed by atoms with van der Waals surface area (Å²) in [6.45, 7) is 9.45. The van der Waals surface area contributed by atoms with Crippen LogP contribution < -0.4 is 10.6 Å². The Morgan fingerprint density at radius 1 is 1.18 bits per heavy atom. The summed E-state index contributed by atoms with van der Waals surface area (Å²) in [5, 5.41) is 6.91. The van der Waals surface area contributed by atoms with Crippen LogP contribution in [0.25, 0.3) is 0 Å². The van der Waals surface area contributed by atoms with Gasteiger partial charge in [0.05, 0.1) is 6.54 Å². The number of amides is 1. The number of likely N-dealkylation sites (tertiary alicyclic amines) is 2. The van der Waals surface area contributed by atoms with E-state index >= 15 is 0 Å². The van der Waals surface area contributed by atoms with E-state index in [2.05, 4.69) is 52.8 Å². The van der Waals surface area contributed by atoms with Crippen LogP contribution in [0.4, 0.5) is 0 Å². The second-order valence-electron chi connectivity index (χ2n) is 7.79. The van der Waals surface area contributed by atoms with Gasteiger partial charge < -0.3 is 15.5 Å². The first kappa shape index (κ1) is 20.6. The number of carbonyl (C=O) groups excluding carboxylic acids is 1. The van der Waals surface area contributed by atoms with Gasteiger partial charge in [-0.1, -0.05) is 37.3 Å². The molecule has 3 rings (SSSR count). The molecule has 2 atom stereocenters. The van der Waals surface area contributed by atoms with Crippen LogP contribution in [0.2, 0.25) is 0 Å². The molecule has 28 heavy (non-hydrogen) atoms. The molecule has 0 spiro atoms. The molecule has 2 aliphatic rings. The highest BCUT2D eigenvalue weighted by atomic mass is 16.2. The van der Waals surface area contributed by atoms with Crippen molar-refractivity contribution in [3.8, 4) is 0 Å². The fraction of sp³-hybridized carbons (Fsp3) is 0.636.